The fraction of sp³-hybridized carbons (Fsp3) is 0.267. The molecule has 2 rings (SSSR count). The first kappa shape index (κ1) is 15.9. The van der Waals surface area contributed by atoms with Crippen LogP contribution in [-0.2, 0) is 11.2 Å². The van der Waals surface area contributed by atoms with Crippen LogP contribution in [0, 0.1) is 0 Å². The highest BCUT2D eigenvalue weighted by Crippen LogP contribution is 2.18. The number of hydrogen-bond donors (Lipinski definition) is 0. The molecule has 0 fully saturated rings. The second kappa shape index (κ2) is 7.52. The van der Waals surface area contributed by atoms with Crippen LogP contribution in [0.1, 0.15) is 24.7 Å². The van der Waals surface area contributed by atoms with E-state index in [1.165, 1.54) is 13.0 Å². The van der Waals surface area contributed by atoms with Crippen LogP contribution in [0.3, 0.4) is 0 Å². The molecule has 1 aromatic carbocycles. The van der Waals surface area contributed by atoms with Gasteiger partial charge in [0.15, 0.2) is 5.78 Å². The van der Waals surface area contributed by atoms with Gasteiger partial charge in [0, 0.05) is 10.4 Å². The van der Waals surface area contributed by atoms with E-state index < -0.39 is 0 Å². The summed E-state index contributed by atoms with van der Waals surface area (Å²) in [5.74, 6) is 0.554. The van der Waals surface area contributed by atoms with E-state index in [-0.39, 0.29) is 5.78 Å². The van der Waals surface area contributed by atoms with Crippen LogP contribution in [0.15, 0.2) is 34.8 Å². The van der Waals surface area contributed by atoms with Crippen LogP contribution < -0.4 is 0 Å². The number of halogens is 2. The van der Waals surface area contributed by atoms with Crippen molar-refractivity contribution < 1.29 is 4.79 Å². The minimum atomic E-state index is -0.0171. The van der Waals surface area contributed by atoms with E-state index in [0.29, 0.717) is 11.6 Å². The zero-order valence-corrected chi connectivity index (χ0v) is 13.9. The molecule has 1 aromatic heterocycles. The van der Waals surface area contributed by atoms with Crippen molar-refractivity contribution in [2.45, 2.75) is 19.8 Å². The first-order valence-electron chi connectivity index (χ1n) is 6.57. The monoisotopic (exact) mass is 367 g/mol. The topological polar surface area (TPSA) is 47.8 Å². The molecule has 0 saturated carbocycles. The number of ketones is 1. The molecule has 0 unspecified atom stereocenters. The summed E-state index contributed by atoms with van der Waals surface area (Å²) in [4.78, 5) is 11.1. The average Bonchev–Trinajstić information content (AvgIpc) is 2.86. The maximum absolute atomic E-state index is 11.1. The molecule has 0 saturated heterocycles. The third-order valence-electron chi connectivity index (χ3n) is 2.89. The zero-order chi connectivity index (χ0) is 15.2. The summed E-state index contributed by atoms with van der Waals surface area (Å²) in [6.07, 6.45) is 4.78. The lowest BCUT2D eigenvalue weighted by Gasteiger charge is -2.06. The predicted octanol–water partition coefficient (Wildman–Crippen LogP) is 3.80. The van der Waals surface area contributed by atoms with Crippen molar-refractivity contribution in [1.29, 1.82) is 0 Å². The molecular formula is C15H15BrClN3O. The Kier molecular flexibility index (Phi) is 5.70. The lowest BCUT2D eigenvalue weighted by molar-refractivity contribution is -0.112. The molecule has 1 heterocycles. The highest BCUT2D eigenvalue weighted by atomic mass is 79.9. The third kappa shape index (κ3) is 4.25. The van der Waals surface area contributed by atoms with Gasteiger partial charge in [-0.05, 0) is 56.2 Å². The number of rotatable bonds is 6. The standard InChI is InChI=1S/C15H15BrClN3O/c1-11(21)4-9-14-15(3-2-10-17)20(19-18-14)13-7-5-12(16)6-8-13/h4-9H,2-3,10H2,1H3/b9-4+. The summed E-state index contributed by atoms with van der Waals surface area (Å²) < 4.78 is 2.80. The lowest BCUT2D eigenvalue weighted by Crippen LogP contribution is -2.03. The third-order valence-corrected chi connectivity index (χ3v) is 3.68. The molecule has 0 bridgehead atoms. The van der Waals surface area contributed by atoms with Crippen molar-refractivity contribution in [2.24, 2.45) is 0 Å². The van der Waals surface area contributed by atoms with Crippen LogP contribution >= 0.6 is 27.5 Å². The molecular weight excluding hydrogens is 354 g/mol. The molecule has 110 valence electrons. The van der Waals surface area contributed by atoms with Gasteiger partial charge in [-0.25, -0.2) is 4.68 Å². The van der Waals surface area contributed by atoms with Crippen molar-refractivity contribution in [2.75, 3.05) is 5.88 Å². The van der Waals surface area contributed by atoms with Crippen LogP contribution in [-0.4, -0.2) is 26.7 Å². The summed E-state index contributed by atoms with van der Waals surface area (Å²) >= 11 is 9.20. The molecule has 0 aliphatic carbocycles. The van der Waals surface area contributed by atoms with Crippen LogP contribution in [0.4, 0.5) is 0 Å². The summed E-state index contributed by atoms with van der Waals surface area (Å²) in [5.41, 5.74) is 2.59. The summed E-state index contributed by atoms with van der Waals surface area (Å²) in [6.45, 7) is 1.51. The molecule has 21 heavy (non-hydrogen) atoms. The van der Waals surface area contributed by atoms with Gasteiger partial charge in [-0.3, -0.25) is 4.79 Å². The fourth-order valence-corrected chi connectivity index (χ4v) is 2.29. The first-order chi connectivity index (χ1) is 10.1. The van der Waals surface area contributed by atoms with Crippen LogP contribution in [0.2, 0.25) is 0 Å². The Labute approximate surface area is 136 Å². The number of allylic oxidation sites excluding steroid dienone is 1. The minimum Gasteiger partial charge on any atom is -0.295 e. The van der Waals surface area contributed by atoms with Gasteiger partial charge in [0.1, 0.15) is 5.69 Å². The Morgan fingerprint density at radius 1 is 1.38 bits per heavy atom. The number of alkyl halides is 1. The minimum absolute atomic E-state index is 0.0171. The summed E-state index contributed by atoms with van der Waals surface area (Å²) in [7, 11) is 0. The van der Waals surface area contributed by atoms with E-state index in [1.807, 2.05) is 24.3 Å². The van der Waals surface area contributed by atoms with E-state index in [9.17, 15) is 4.79 Å². The number of carbonyl (C=O) groups is 1. The summed E-state index contributed by atoms with van der Waals surface area (Å²) in [6, 6.07) is 7.82. The van der Waals surface area contributed by atoms with E-state index in [2.05, 4.69) is 26.2 Å². The van der Waals surface area contributed by atoms with Gasteiger partial charge in [-0.15, -0.1) is 16.7 Å². The molecule has 0 atom stereocenters. The van der Waals surface area contributed by atoms with Gasteiger partial charge in [-0.1, -0.05) is 21.1 Å². The molecule has 0 amide bonds. The van der Waals surface area contributed by atoms with E-state index in [0.717, 1.165) is 28.7 Å². The van der Waals surface area contributed by atoms with E-state index in [1.54, 1.807) is 10.8 Å². The number of hydrogen-bond acceptors (Lipinski definition) is 3. The van der Waals surface area contributed by atoms with Gasteiger partial charge in [0.05, 0.1) is 11.4 Å². The molecule has 2 aromatic rings. The van der Waals surface area contributed by atoms with Crippen molar-refractivity contribution >= 4 is 39.4 Å². The predicted molar refractivity (Wildman–Crippen MR) is 87.8 cm³/mol. The van der Waals surface area contributed by atoms with Crippen molar-refractivity contribution in [3.05, 3.63) is 46.2 Å². The van der Waals surface area contributed by atoms with E-state index >= 15 is 0 Å². The largest absolute Gasteiger partial charge is 0.295 e. The number of benzene rings is 1. The Bertz CT molecular complexity index is 649. The molecule has 0 N–H and O–H groups in total. The van der Waals surface area contributed by atoms with Gasteiger partial charge in [-0.2, -0.15) is 0 Å². The first-order valence-corrected chi connectivity index (χ1v) is 7.89. The zero-order valence-electron chi connectivity index (χ0n) is 11.6. The van der Waals surface area contributed by atoms with Gasteiger partial charge < -0.3 is 0 Å². The van der Waals surface area contributed by atoms with Gasteiger partial charge >= 0.3 is 0 Å². The van der Waals surface area contributed by atoms with Crippen molar-refractivity contribution in [3.8, 4) is 5.69 Å². The summed E-state index contributed by atoms with van der Waals surface area (Å²) in [5, 5.41) is 8.35. The molecule has 0 radical (unpaired) electrons. The number of carbonyl (C=O) groups excluding carboxylic acids is 1. The van der Waals surface area contributed by atoms with Crippen LogP contribution in [0.25, 0.3) is 11.8 Å². The van der Waals surface area contributed by atoms with Crippen molar-refractivity contribution in [1.82, 2.24) is 15.0 Å². The quantitative estimate of drug-likeness (QED) is 0.575. The van der Waals surface area contributed by atoms with Crippen LogP contribution in [0.5, 0.6) is 0 Å². The second-order valence-electron chi connectivity index (χ2n) is 4.55. The van der Waals surface area contributed by atoms with Crippen molar-refractivity contribution in [3.63, 3.8) is 0 Å². The highest BCUT2D eigenvalue weighted by Gasteiger charge is 2.12. The van der Waals surface area contributed by atoms with Gasteiger partial charge in [0.25, 0.3) is 0 Å². The molecule has 4 nitrogen and oxygen atoms in total. The van der Waals surface area contributed by atoms with Gasteiger partial charge in [0.2, 0.25) is 0 Å². The second-order valence-corrected chi connectivity index (χ2v) is 5.84. The Balaban J connectivity index is 2.40. The Hall–Kier alpha value is -1.46. The molecule has 0 spiro atoms. The maximum atomic E-state index is 11.1. The Morgan fingerprint density at radius 3 is 2.71 bits per heavy atom. The highest BCUT2D eigenvalue weighted by molar-refractivity contribution is 9.10. The average molecular weight is 369 g/mol. The number of nitrogens with zero attached hydrogens (tertiary/aromatic N) is 3. The number of aromatic nitrogens is 3. The fourth-order valence-electron chi connectivity index (χ4n) is 1.90. The molecule has 6 heteroatoms. The van der Waals surface area contributed by atoms with E-state index in [4.69, 9.17) is 11.6 Å². The normalized spacial score (nSPS) is 11.2. The SMILES string of the molecule is CC(=O)/C=C/c1nnn(-c2ccc(Br)cc2)c1CCCCl. The molecule has 0 aliphatic heterocycles. The lowest BCUT2D eigenvalue weighted by atomic mass is 10.2. The Morgan fingerprint density at radius 2 is 2.10 bits per heavy atom. The smallest absolute Gasteiger partial charge is 0.152 e. The maximum Gasteiger partial charge on any atom is 0.152 e. The molecule has 0 aliphatic rings.